The van der Waals surface area contributed by atoms with Crippen molar-refractivity contribution in [1.29, 1.82) is 0 Å². The monoisotopic (exact) mass is 261 g/mol. The van der Waals surface area contributed by atoms with Crippen molar-refractivity contribution in [3.05, 3.63) is 35.9 Å². The van der Waals surface area contributed by atoms with Gasteiger partial charge in [-0.3, -0.25) is 9.78 Å². The Hall–Kier alpha value is -1.66. The maximum Gasteiger partial charge on any atom is 0.0896 e. The average molecular weight is 261 g/mol. The second-order valence-electron chi connectivity index (χ2n) is 4.95. The van der Waals surface area contributed by atoms with Crippen molar-refractivity contribution in [3.8, 4) is 0 Å². The molecule has 2 N–H and O–H groups in total. The van der Waals surface area contributed by atoms with E-state index in [9.17, 15) is 0 Å². The Morgan fingerprint density at radius 3 is 3.26 bits per heavy atom. The Morgan fingerprint density at radius 1 is 1.58 bits per heavy atom. The standard InChI is InChI=1S/C13H19N5O/c1-18-12(2-4-17-18)9-14-6-10-3-5-19-13(10)11-7-15-16-8-11/h2,4,7-8,10,13-14H,3,5-6,9H2,1H3,(H,15,16)/t10-,13+/m1/s1. The first-order valence-corrected chi connectivity index (χ1v) is 6.62. The molecule has 6 nitrogen and oxygen atoms in total. The fourth-order valence-corrected chi connectivity index (χ4v) is 2.59. The number of hydrogen-bond acceptors (Lipinski definition) is 4. The van der Waals surface area contributed by atoms with E-state index in [2.05, 4.69) is 20.6 Å². The second kappa shape index (κ2) is 5.54. The Morgan fingerprint density at radius 2 is 2.53 bits per heavy atom. The predicted octanol–water partition coefficient (Wildman–Crippen LogP) is 1.01. The largest absolute Gasteiger partial charge is 0.373 e. The predicted molar refractivity (Wildman–Crippen MR) is 70.3 cm³/mol. The number of hydrogen-bond donors (Lipinski definition) is 2. The zero-order valence-electron chi connectivity index (χ0n) is 11.0. The molecule has 3 rings (SSSR count). The average Bonchev–Trinajstić information content (AvgIpc) is 3.11. The number of aromatic amines is 1. The van der Waals surface area contributed by atoms with Gasteiger partial charge in [-0.1, -0.05) is 0 Å². The van der Waals surface area contributed by atoms with Crippen molar-refractivity contribution < 1.29 is 4.74 Å². The van der Waals surface area contributed by atoms with Crippen LogP contribution in [0.15, 0.2) is 24.7 Å². The quantitative estimate of drug-likeness (QED) is 0.843. The van der Waals surface area contributed by atoms with Crippen LogP contribution in [0.5, 0.6) is 0 Å². The lowest BCUT2D eigenvalue weighted by atomic mass is 9.97. The molecule has 0 radical (unpaired) electrons. The van der Waals surface area contributed by atoms with E-state index in [1.54, 1.807) is 0 Å². The van der Waals surface area contributed by atoms with Crippen molar-refractivity contribution in [2.75, 3.05) is 13.2 Å². The third-order valence-corrected chi connectivity index (χ3v) is 3.70. The maximum absolute atomic E-state index is 5.80. The Labute approximate surface area is 112 Å². The fourth-order valence-electron chi connectivity index (χ4n) is 2.59. The molecule has 6 heteroatoms. The summed E-state index contributed by atoms with van der Waals surface area (Å²) < 4.78 is 7.70. The molecule has 0 spiro atoms. The van der Waals surface area contributed by atoms with Crippen LogP contribution in [0.2, 0.25) is 0 Å². The van der Waals surface area contributed by atoms with Crippen LogP contribution in [-0.2, 0) is 18.3 Å². The van der Waals surface area contributed by atoms with E-state index in [0.717, 1.165) is 31.7 Å². The van der Waals surface area contributed by atoms with Crippen LogP contribution in [-0.4, -0.2) is 33.1 Å². The molecule has 102 valence electrons. The van der Waals surface area contributed by atoms with Gasteiger partial charge < -0.3 is 10.1 Å². The van der Waals surface area contributed by atoms with E-state index < -0.39 is 0 Å². The number of ether oxygens (including phenoxy) is 1. The van der Waals surface area contributed by atoms with Gasteiger partial charge in [-0.2, -0.15) is 10.2 Å². The Balaban J connectivity index is 1.53. The summed E-state index contributed by atoms with van der Waals surface area (Å²) in [5, 5.41) is 14.5. The summed E-state index contributed by atoms with van der Waals surface area (Å²) in [5.74, 6) is 0.505. The topological polar surface area (TPSA) is 67.8 Å². The lowest BCUT2D eigenvalue weighted by Gasteiger charge is -2.17. The molecule has 0 aliphatic carbocycles. The van der Waals surface area contributed by atoms with Crippen LogP contribution >= 0.6 is 0 Å². The van der Waals surface area contributed by atoms with Gasteiger partial charge in [0.05, 0.1) is 18.0 Å². The molecule has 0 bridgehead atoms. The molecule has 19 heavy (non-hydrogen) atoms. The molecule has 0 saturated carbocycles. The lowest BCUT2D eigenvalue weighted by molar-refractivity contribution is 0.0904. The Kier molecular flexibility index (Phi) is 3.61. The molecule has 2 atom stereocenters. The van der Waals surface area contributed by atoms with Crippen molar-refractivity contribution in [1.82, 2.24) is 25.3 Å². The van der Waals surface area contributed by atoms with Crippen LogP contribution in [0.3, 0.4) is 0 Å². The van der Waals surface area contributed by atoms with Crippen LogP contribution in [0.1, 0.15) is 23.8 Å². The SMILES string of the molecule is Cn1nccc1CNC[C@H]1CCO[C@@H]1c1cn[nH]c1. The van der Waals surface area contributed by atoms with Gasteiger partial charge in [-0.05, 0) is 12.5 Å². The molecule has 2 aromatic heterocycles. The molecule has 0 amide bonds. The summed E-state index contributed by atoms with van der Waals surface area (Å²) in [6.45, 7) is 2.61. The highest BCUT2D eigenvalue weighted by Crippen LogP contribution is 2.33. The van der Waals surface area contributed by atoms with E-state index >= 15 is 0 Å². The van der Waals surface area contributed by atoms with Gasteiger partial charge in [0, 0.05) is 50.6 Å². The minimum Gasteiger partial charge on any atom is -0.373 e. The van der Waals surface area contributed by atoms with Crippen LogP contribution < -0.4 is 5.32 Å². The first-order valence-electron chi connectivity index (χ1n) is 6.62. The van der Waals surface area contributed by atoms with Crippen LogP contribution in [0, 0.1) is 5.92 Å². The van der Waals surface area contributed by atoms with E-state index in [1.807, 2.05) is 36.4 Å². The smallest absolute Gasteiger partial charge is 0.0896 e. The molecule has 1 saturated heterocycles. The summed E-state index contributed by atoms with van der Waals surface area (Å²) in [7, 11) is 1.96. The van der Waals surface area contributed by atoms with Crippen molar-refractivity contribution in [2.24, 2.45) is 13.0 Å². The zero-order valence-corrected chi connectivity index (χ0v) is 11.0. The van der Waals surface area contributed by atoms with E-state index in [0.29, 0.717) is 5.92 Å². The lowest BCUT2D eigenvalue weighted by Crippen LogP contribution is -2.25. The number of H-pyrrole nitrogens is 1. The van der Waals surface area contributed by atoms with Crippen molar-refractivity contribution in [2.45, 2.75) is 19.1 Å². The van der Waals surface area contributed by atoms with Gasteiger partial charge in [-0.25, -0.2) is 0 Å². The number of nitrogens with zero attached hydrogens (tertiary/aromatic N) is 3. The Bertz CT molecular complexity index is 507. The summed E-state index contributed by atoms with van der Waals surface area (Å²) in [6, 6.07) is 2.03. The van der Waals surface area contributed by atoms with E-state index in [4.69, 9.17) is 4.74 Å². The second-order valence-corrected chi connectivity index (χ2v) is 4.95. The summed E-state index contributed by atoms with van der Waals surface area (Å²) in [6.07, 6.45) is 6.85. The molecule has 1 aliphatic rings. The van der Waals surface area contributed by atoms with Crippen LogP contribution in [0.4, 0.5) is 0 Å². The summed E-state index contributed by atoms with van der Waals surface area (Å²) in [5.41, 5.74) is 2.34. The first kappa shape index (κ1) is 12.4. The van der Waals surface area contributed by atoms with E-state index in [1.165, 1.54) is 5.69 Å². The summed E-state index contributed by atoms with van der Waals surface area (Å²) >= 11 is 0. The normalized spacial score (nSPS) is 23.0. The molecule has 0 aromatic carbocycles. The van der Waals surface area contributed by atoms with Crippen molar-refractivity contribution >= 4 is 0 Å². The number of nitrogens with one attached hydrogen (secondary N) is 2. The van der Waals surface area contributed by atoms with Gasteiger partial charge in [0.1, 0.15) is 0 Å². The first-order chi connectivity index (χ1) is 9.34. The molecule has 1 aliphatic heterocycles. The van der Waals surface area contributed by atoms with Crippen LogP contribution in [0.25, 0.3) is 0 Å². The minimum absolute atomic E-state index is 0.165. The zero-order chi connectivity index (χ0) is 13.1. The highest BCUT2D eigenvalue weighted by molar-refractivity contribution is 5.10. The third-order valence-electron chi connectivity index (χ3n) is 3.70. The fraction of sp³-hybridized carbons (Fsp3) is 0.538. The highest BCUT2D eigenvalue weighted by Gasteiger charge is 2.29. The number of aromatic nitrogens is 4. The summed E-state index contributed by atoms with van der Waals surface area (Å²) in [4.78, 5) is 0. The number of rotatable bonds is 5. The molecular formula is C13H19N5O. The maximum atomic E-state index is 5.80. The molecule has 0 unspecified atom stereocenters. The van der Waals surface area contributed by atoms with Crippen molar-refractivity contribution in [3.63, 3.8) is 0 Å². The molecule has 1 fully saturated rings. The highest BCUT2D eigenvalue weighted by atomic mass is 16.5. The van der Waals surface area contributed by atoms with Gasteiger partial charge in [0.25, 0.3) is 0 Å². The van der Waals surface area contributed by atoms with Gasteiger partial charge in [0.2, 0.25) is 0 Å². The van der Waals surface area contributed by atoms with E-state index in [-0.39, 0.29) is 6.10 Å². The van der Waals surface area contributed by atoms with Gasteiger partial charge in [0.15, 0.2) is 0 Å². The molecule has 3 heterocycles. The third kappa shape index (κ3) is 2.69. The molecular weight excluding hydrogens is 242 g/mol. The van der Waals surface area contributed by atoms with Gasteiger partial charge in [-0.15, -0.1) is 0 Å². The van der Waals surface area contributed by atoms with Gasteiger partial charge >= 0.3 is 0 Å². The number of aryl methyl sites for hydroxylation is 1. The minimum atomic E-state index is 0.165. The molecule has 2 aromatic rings.